The monoisotopic (exact) mass is 211 g/mol. The van der Waals surface area contributed by atoms with Gasteiger partial charge in [-0.15, -0.1) is 0 Å². The molecule has 0 fully saturated rings. The lowest BCUT2D eigenvalue weighted by Crippen LogP contribution is -1.81. The summed E-state index contributed by atoms with van der Waals surface area (Å²) in [5.41, 5.74) is 0.370. The Morgan fingerprint density at radius 2 is 2.21 bits per heavy atom. The lowest BCUT2D eigenvalue weighted by Gasteiger charge is -1.98. The van der Waals surface area contributed by atoms with E-state index in [4.69, 9.17) is 16.0 Å². The molecule has 0 spiro atoms. The molecule has 0 amide bonds. The molecule has 0 saturated heterocycles. The molecule has 2 rings (SSSR count). The summed E-state index contributed by atoms with van der Waals surface area (Å²) in [6, 6.07) is 4.42. The summed E-state index contributed by atoms with van der Waals surface area (Å²) in [6.07, 6.45) is 1.49. The Morgan fingerprint density at radius 3 is 2.79 bits per heavy atom. The van der Waals surface area contributed by atoms with E-state index in [0.29, 0.717) is 22.2 Å². The number of oxazole rings is 1. The zero-order valence-corrected chi connectivity index (χ0v) is 8.18. The van der Waals surface area contributed by atoms with Gasteiger partial charge >= 0.3 is 0 Å². The standard InChI is InChI=1S/C10H7ClFNO/c1-6-13-5-10(14-6)8-3-2-7(11)4-9(8)12/h2-5H,1H3. The van der Waals surface area contributed by atoms with Crippen LogP contribution in [0.25, 0.3) is 11.3 Å². The van der Waals surface area contributed by atoms with Gasteiger partial charge in [0.15, 0.2) is 11.7 Å². The van der Waals surface area contributed by atoms with Crippen molar-refractivity contribution in [3.8, 4) is 11.3 Å². The van der Waals surface area contributed by atoms with E-state index in [1.807, 2.05) is 0 Å². The van der Waals surface area contributed by atoms with Gasteiger partial charge in [-0.2, -0.15) is 0 Å². The smallest absolute Gasteiger partial charge is 0.191 e. The summed E-state index contributed by atoms with van der Waals surface area (Å²) in [5.74, 6) is 0.514. The molecule has 4 heteroatoms. The molecule has 1 aromatic carbocycles. The van der Waals surface area contributed by atoms with Gasteiger partial charge in [-0.3, -0.25) is 0 Å². The van der Waals surface area contributed by atoms with Crippen molar-refractivity contribution in [1.82, 2.24) is 4.98 Å². The van der Waals surface area contributed by atoms with Gasteiger partial charge in [-0.05, 0) is 18.2 Å². The van der Waals surface area contributed by atoms with Crippen molar-refractivity contribution in [2.45, 2.75) is 6.92 Å². The molecule has 0 N–H and O–H groups in total. The Hall–Kier alpha value is -1.35. The van der Waals surface area contributed by atoms with Crippen molar-refractivity contribution >= 4 is 11.6 Å². The van der Waals surface area contributed by atoms with E-state index < -0.39 is 5.82 Å². The Bertz CT molecular complexity index is 467. The average Bonchev–Trinajstić information content (AvgIpc) is 2.51. The van der Waals surface area contributed by atoms with Crippen LogP contribution in [0.1, 0.15) is 5.89 Å². The van der Waals surface area contributed by atoms with E-state index in [0.717, 1.165) is 0 Å². The third-order valence-corrected chi connectivity index (χ3v) is 2.05. The van der Waals surface area contributed by atoms with Gasteiger partial charge in [0.1, 0.15) is 5.82 Å². The van der Waals surface area contributed by atoms with Crippen molar-refractivity contribution in [1.29, 1.82) is 0 Å². The minimum absolute atomic E-state index is 0.363. The van der Waals surface area contributed by atoms with Crippen LogP contribution >= 0.6 is 11.6 Å². The van der Waals surface area contributed by atoms with Gasteiger partial charge in [0.05, 0.1) is 11.8 Å². The predicted octanol–water partition coefficient (Wildman–Crippen LogP) is 3.44. The number of nitrogens with zero attached hydrogens (tertiary/aromatic N) is 1. The molecule has 0 aliphatic heterocycles. The first-order valence-corrected chi connectivity index (χ1v) is 4.42. The number of rotatable bonds is 1. The summed E-state index contributed by atoms with van der Waals surface area (Å²) < 4.78 is 18.6. The quantitative estimate of drug-likeness (QED) is 0.722. The second kappa shape index (κ2) is 3.42. The lowest BCUT2D eigenvalue weighted by atomic mass is 10.2. The molecule has 0 bridgehead atoms. The summed E-state index contributed by atoms with van der Waals surface area (Å²) in [4.78, 5) is 3.89. The van der Waals surface area contributed by atoms with Crippen molar-refractivity contribution in [2.24, 2.45) is 0 Å². The molecule has 0 aliphatic carbocycles. The number of benzene rings is 1. The van der Waals surface area contributed by atoms with E-state index in [1.165, 1.54) is 12.3 Å². The summed E-state index contributed by atoms with van der Waals surface area (Å²) in [7, 11) is 0. The largest absolute Gasteiger partial charge is 0.441 e. The second-order valence-corrected chi connectivity index (χ2v) is 3.30. The maximum atomic E-state index is 13.4. The zero-order chi connectivity index (χ0) is 10.1. The molecule has 14 heavy (non-hydrogen) atoms. The first-order chi connectivity index (χ1) is 6.66. The summed E-state index contributed by atoms with van der Waals surface area (Å²) >= 11 is 5.62. The maximum absolute atomic E-state index is 13.4. The topological polar surface area (TPSA) is 26.0 Å². The van der Waals surface area contributed by atoms with Crippen LogP contribution in [0.3, 0.4) is 0 Å². The van der Waals surface area contributed by atoms with Crippen molar-refractivity contribution in [2.75, 3.05) is 0 Å². The Balaban J connectivity index is 2.52. The highest BCUT2D eigenvalue weighted by atomic mass is 35.5. The first-order valence-electron chi connectivity index (χ1n) is 4.04. The van der Waals surface area contributed by atoms with Crippen LogP contribution in [0.4, 0.5) is 4.39 Å². The third-order valence-electron chi connectivity index (χ3n) is 1.82. The first kappa shape index (κ1) is 9.21. The average molecular weight is 212 g/mol. The van der Waals surface area contributed by atoms with E-state index in [-0.39, 0.29) is 0 Å². The van der Waals surface area contributed by atoms with Crippen LogP contribution in [0.15, 0.2) is 28.8 Å². The molecule has 0 aliphatic rings. The number of aryl methyl sites for hydroxylation is 1. The number of hydrogen-bond donors (Lipinski definition) is 0. The van der Waals surface area contributed by atoms with Crippen molar-refractivity contribution in [3.63, 3.8) is 0 Å². The lowest BCUT2D eigenvalue weighted by molar-refractivity contribution is 0.528. The summed E-state index contributed by atoms with van der Waals surface area (Å²) in [5, 5.41) is 0.363. The number of halogens is 2. The minimum atomic E-state index is -0.409. The van der Waals surface area contributed by atoms with Gasteiger partial charge in [0.2, 0.25) is 0 Å². The van der Waals surface area contributed by atoms with Crippen LogP contribution in [0, 0.1) is 12.7 Å². The van der Waals surface area contributed by atoms with Crippen molar-refractivity contribution < 1.29 is 8.81 Å². The summed E-state index contributed by atoms with van der Waals surface area (Å²) in [6.45, 7) is 1.71. The highest BCUT2D eigenvalue weighted by molar-refractivity contribution is 6.30. The van der Waals surface area contributed by atoms with Crippen LogP contribution in [0.2, 0.25) is 5.02 Å². The van der Waals surface area contributed by atoms with Crippen LogP contribution in [-0.2, 0) is 0 Å². The van der Waals surface area contributed by atoms with Crippen LogP contribution in [0.5, 0.6) is 0 Å². The molecule has 0 unspecified atom stereocenters. The second-order valence-electron chi connectivity index (χ2n) is 2.87. The molecule has 72 valence electrons. The highest BCUT2D eigenvalue weighted by Gasteiger charge is 2.09. The van der Waals surface area contributed by atoms with E-state index >= 15 is 0 Å². The fourth-order valence-corrected chi connectivity index (χ4v) is 1.33. The molecule has 0 radical (unpaired) electrons. The van der Waals surface area contributed by atoms with Crippen LogP contribution < -0.4 is 0 Å². The SMILES string of the molecule is Cc1ncc(-c2ccc(Cl)cc2F)o1. The number of hydrogen-bond acceptors (Lipinski definition) is 2. The molecule has 1 heterocycles. The minimum Gasteiger partial charge on any atom is -0.441 e. The van der Waals surface area contributed by atoms with Crippen LogP contribution in [-0.4, -0.2) is 4.98 Å². The fourth-order valence-electron chi connectivity index (χ4n) is 1.18. The van der Waals surface area contributed by atoms with Gasteiger partial charge in [0, 0.05) is 11.9 Å². The maximum Gasteiger partial charge on any atom is 0.191 e. The molecule has 0 atom stereocenters. The predicted molar refractivity (Wildman–Crippen MR) is 51.6 cm³/mol. The molecule has 1 aromatic heterocycles. The normalized spacial score (nSPS) is 10.5. The highest BCUT2D eigenvalue weighted by Crippen LogP contribution is 2.25. The van der Waals surface area contributed by atoms with Gasteiger partial charge in [-0.1, -0.05) is 11.6 Å². The third kappa shape index (κ3) is 1.63. The Morgan fingerprint density at radius 1 is 1.43 bits per heavy atom. The van der Waals surface area contributed by atoms with Gasteiger partial charge in [0.25, 0.3) is 0 Å². The molecule has 0 saturated carbocycles. The number of aromatic nitrogens is 1. The van der Waals surface area contributed by atoms with E-state index in [9.17, 15) is 4.39 Å². The molecule has 2 nitrogen and oxygen atoms in total. The van der Waals surface area contributed by atoms with Gasteiger partial charge in [-0.25, -0.2) is 9.37 Å². The zero-order valence-electron chi connectivity index (χ0n) is 7.42. The van der Waals surface area contributed by atoms with Crippen molar-refractivity contribution in [3.05, 3.63) is 41.1 Å². The Labute approximate surface area is 85.3 Å². The molecular weight excluding hydrogens is 205 g/mol. The fraction of sp³-hybridized carbons (Fsp3) is 0.100. The van der Waals surface area contributed by atoms with E-state index in [2.05, 4.69) is 4.98 Å². The molecular formula is C10H7ClFNO. The molecule has 2 aromatic rings. The van der Waals surface area contributed by atoms with E-state index in [1.54, 1.807) is 19.1 Å². The Kier molecular flexibility index (Phi) is 2.25. The van der Waals surface area contributed by atoms with Gasteiger partial charge < -0.3 is 4.42 Å².